The van der Waals surface area contributed by atoms with E-state index in [9.17, 15) is 9.59 Å². The largest absolute Gasteiger partial charge is 0.350 e. The molecule has 1 aliphatic heterocycles. The smallest absolute Gasteiger partial charge is 0.255 e. The summed E-state index contributed by atoms with van der Waals surface area (Å²) in [6.07, 6.45) is 0. The third-order valence-corrected chi connectivity index (χ3v) is 4.33. The summed E-state index contributed by atoms with van der Waals surface area (Å²) < 4.78 is 0. The molecule has 0 aromatic heterocycles. The second-order valence-electron chi connectivity index (χ2n) is 5.61. The first-order valence-electron chi connectivity index (χ1n) is 7.47. The monoisotopic (exact) mass is 328 g/mol. The van der Waals surface area contributed by atoms with Gasteiger partial charge in [0.05, 0.1) is 0 Å². The standard InChI is InChI=1S/C18H17ClN2O2/c1-12(17(22)20-10-13-6-8-15(19)9-7-13)21-11-14-4-2-3-5-16(14)18(21)23/h2-9,12H,10-11H2,1H3,(H,20,22)/t12-/m1/s1. The Bertz CT molecular complexity index is 743. The van der Waals surface area contributed by atoms with Gasteiger partial charge in [-0.05, 0) is 36.2 Å². The molecule has 1 aliphatic rings. The zero-order valence-corrected chi connectivity index (χ0v) is 13.5. The van der Waals surface area contributed by atoms with E-state index in [1.165, 1.54) is 0 Å². The number of nitrogens with one attached hydrogen (secondary N) is 1. The number of fused-ring (bicyclic) bond motifs is 1. The maximum absolute atomic E-state index is 12.4. The van der Waals surface area contributed by atoms with Crippen LogP contribution in [0.3, 0.4) is 0 Å². The van der Waals surface area contributed by atoms with Crippen LogP contribution in [-0.4, -0.2) is 22.8 Å². The molecule has 0 radical (unpaired) electrons. The van der Waals surface area contributed by atoms with Crippen LogP contribution in [0.15, 0.2) is 48.5 Å². The Morgan fingerprint density at radius 2 is 1.91 bits per heavy atom. The highest BCUT2D eigenvalue weighted by molar-refractivity contribution is 6.30. The highest BCUT2D eigenvalue weighted by atomic mass is 35.5. The first-order chi connectivity index (χ1) is 11.1. The van der Waals surface area contributed by atoms with Gasteiger partial charge in [0, 0.05) is 23.7 Å². The Morgan fingerprint density at radius 3 is 2.61 bits per heavy atom. The van der Waals surface area contributed by atoms with Crippen LogP contribution < -0.4 is 5.32 Å². The van der Waals surface area contributed by atoms with Crippen molar-refractivity contribution in [3.63, 3.8) is 0 Å². The lowest BCUT2D eigenvalue weighted by Crippen LogP contribution is -2.45. The second-order valence-corrected chi connectivity index (χ2v) is 6.05. The van der Waals surface area contributed by atoms with Crippen molar-refractivity contribution in [3.05, 3.63) is 70.2 Å². The molecule has 0 bridgehead atoms. The van der Waals surface area contributed by atoms with Gasteiger partial charge < -0.3 is 10.2 Å². The van der Waals surface area contributed by atoms with Gasteiger partial charge in [-0.1, -0.05) is 41.9 Å². The molecule has 2 aromatic carbocycles. The third-order valence-electron chi connectivity index (χ3n) is 4.08. The van der Waals surface area contributed by atoms with E-state index in [2.05, 4.69) is 5.32 Å². The number of carbonyl (C=O) groups excluding carboxylic acids is 2. The predicted molar refractivity (Wildman–Crippen MR) is 89.1 cm³/mol. The second kappa shape index (κ2) is 6.42. The van der Waals surface area contributed by atoms with Crippen molar-refractivity contribution >= 4 is 23.4 Å². The van der Waals surface area contributed by atoms with Crippen molar-refractivity contribution in [2.45, 2.75) is 26.1 Å². The molecule has 1 N–H and O–H groups in total. The molecular weight excluding hydrogens is 312 g/mol. The summed E-state index contributed by atoms with van der Waals surface area (Å²) in [7, 11) is 0. The molecule has 2 amide bonds. The van der Waals surface area contributed by atoms with Gasteiger partial charge in [0.25, 0.3) is 5.91 Å². The average molecular weight is 329 g/mol. The van der Waals surface area contributed by atoms with Crippen LogP contribution >= 0.6 is 11.6 Å². The number of carbonyl (C=O) groups is 2. The van der Waals surface area contributed by atoms with Gasteiger partial charge in [-0.15, -0.1) is 0 Å². The molecule has 1 heterocycles. The molecule has 1 atom stereocenters. The number of nitrogens with zero attached hydrogens (tertiary/aromatic N) is 1. The maximum Gasteiger partial charge on any atom is 0.255 e. The van der Waals surface area contributed by atoms with E-state index in [0.717, 1.165) is 11.1 Å². The number of hydrogen-bond donors (Lipinski definition) is 1. The molecular formula is C18H17ClN2O2. The molecule has 3 rings (SSSR count). The summed E-state index contributed by atoms with van der Waals surface area (Å²) in [5.41, 5.74) is 2.62. The highest BCUT2D eigenvalue weighted by Gasteiger charge is 2.33. The summed E-state index contributed by atoms with van der Waals surface area (Å²) in [4.78, 5) is 26.3. The van der Waals surface area contributed by atoms with E-state index in [-0.39, 0.29) is 11.8 Å². The zero-order chi connectivity index (χ0) is 16.4. The third kappa shape index (κ3) is 3.22. The van der Waals surface area contributed by atoms with Gasteiger partial charge in [0.2, 0.25) is 5.91 Å². The van der Waals surface area contributed by atoms with E-state index in [1.54, 1.807) is 30.0 Å². The minimum Gasteiger partial charge on any atom is -0.350 e. The van der Waals surface area contributed by atoms with E-state index >= 15 is 0 Å². The van der Waals surface area contributed by atoms with Crippen LogP contribution in [0.4, 0.5) is 0 Å². The van der Waals surface area contributed by atoms with Crippen molar-refractivity contribution in [1.29, 1.82) is 0 Å². The summed E-state index contributed by atoms with van der Waals surface area (Å²) in [5, 5.41) is 3.53. The van der Waals surface area contributed by atoms with Crippen molar-refractivity contribution < 1.29 is 9.59 Å². The Hall–Kier alpha value is -2.33. The topological polar surface area (TPSA) is 49.4 Å². The molecule has 0 fully saturated rings. The lowest BCUT2D eigenvalue weighted by molar-refractivity contribution is -0.125. The van der Waals surface area contributed by atoms with Crippen molar-refractivity contribution in [2.75, 3.05) is 0 Å². The molecule has 23 heavy (non-hydrogen) atoms. The van der Waals surface area contributed by atoms with E-state index in [0.29, 0.717) is 23.7 Å². The first-order valence-corrected chi connectivity index (χ1v) is 7.85. The number of hydrogen-bond acceptors (Lipinski definition) is 2. The number of benzene rings is 2. The molecule has 4 nitrogen and oxygen atoms in total. The Morgan fingerprint density at radius 1 is 1.22 bits per heavy atom. The molecule has 0 spiro atoms. The van der Waals surface area contributed by atoms with Gasteiger partial charge in [-0.25, -0.2) is 0 Å². The summed E-state index contributed by atoms with van der Waals surface area (Å²) in [6.45, 7) is 2.64. The Labute approximate surface area is 140 Å². The molecule has 5 heteroatoms. The van der Waals surface area contributed by atoms with Crippen LogP contribution in [0.5, 0.6) is 0 Å². The predicted octanol–water partition coefficient (Wildman–Crippen LogP) is 3.00. The van der Waals surface area contributed by atoms with Gasteiger partial charge in [-0.3, -0.25) is 9.59 Å². The molecule has 118 valence electrons. The van der Waals surface area contributed by atoms with Crippen LogP contribution in [0, 0.1) is 0 Å². The van der Waals surface area contributed by atoms with Crippen LogP contribution in [0.1, 0.15) is 28.4 Å². The van der Waals surface area contributed by atoms with Gasteiger partial charge >= 0.3 is 0 Å². The summed E-state index contributed by atoms with van der Waals surface area (Å²) >= 11 is 5.84. The zero-order valence-electron chi connectivity index (χ0n) is 12.8. The van der Waals surface area contributed by atoms with Crippen molar-refractivity contribution in [3.8, 4) is 0 Å². The molecule has 0 saturated carbocycles. The highest BCUT2D eigenvalue weighted by Crippen LogP contribution is 2.24. The van der Waals surface area contributed by atoms with Crippen molar-refractivity contribution in [1.82, 2.24) is 10.2 Å². The number of amides is 2. The Kier molecular flexibility index (Phi) is 4.35. The minimum atomic E-state index is -0.512. The Balaban J connectivity index is 1.62. The van der Waals surface area contributed by atoms with Crippen LogP contribution in [0.2, 0.25) is 5.02 Å². The van der Waals surface area contributed by atoms with E-state index < -0.39 is 6.04 Å². The van der Waals surface area contributed by atoms with Crippen LogP contribution in [0.25, 0.3) is 0 Å². The molecule has 0 unspecified atom stereocenters. The average Bonchev–Trinajstić information content (AvgIpc) is 2.90. The fraction of sp³-hybridized carbons (Fsp3) is 0.222. The normalized spacial score (nSPS) is 14.5. The summed E-state index contributed by atoms with van der Waals surface area (Å²) in [5.74, 6) is -0.254. The fourth-order valence-electron chi connectivity index (χ4n) is 2.67. The van der Waals surface area contributed by atoms with Crippen molar-refractivity contribution in [2.24, 2.45) is 0 Å². The SMILES string of the molecule is C[C@H](C(=O)NCc1ccc(Cl)cc1)N1Cc2ccccc2C1=O. The molecule has 0 saturated heterocycles. The summed E-state index contributed by atoms with van der Waals surface area (Å²) in [6, 6.07) is 14.3. The quantitative estimate of drug-likeness (QED) is 0.938. The van der Waals surface area contributed by atoms with Gasteiger partial charge in [0.1, 0.15) is 6.04 Å². The van der Waals surface area contributed by atoms with Crippen LogP contribution in [-0.2, 0) is 17.9 Å². The molecule has 2 aromatic rings. The number of rotatable bonds is 4. The van der Waals surface area contributed by atoms with Gasteiger partial charge in [-0.2, -0.15) is 0 Å². The lowest BCUT2D eigenvalue weighted by atomic mass is 10.1. The molecule has 0 aliphatic carbocycles. The number of halogens is 1. The lowest BCUT2D eigenvalue weighted by Gasteiger charge is -2.23. The minimum absolute atomic E-state index is 0.0882. The van der Waals surface area contributed by atoms with E-state index in [4.69, 9.17) is 11.6 Å². The maximum atomic E-state index is 12.4. The fourth-order valence-corrected chi connectivity index (χ4v) is 2.80. The first kappa shape index (κ1) is 15.6. The van der Waals surface area contributed by atoms with Gasteiger partial charge in [0.15, 0.2) is 0 Å². The van der Waals surface area contributed by atoms with E-state index in [1.807, 2.05) is 30.3 Å².